The van der Waals surface area contributed by atoms with Crippen LogP contribution in [0.25, 0.3) is 5.69 Å². The average molecular weight is 441 g/mol. The standard InChI is InChI=1S/C18H14F3N3O5S/c1-29-13-5-6-15(17(25)26)16(8-13)23-30(27,28)14-9-22-24(10-14)12-4-2-3-11(7-12)18(19,20)21/h2-10,23H,1H3,(H,25,26). The van der Waals surface area contributed by atoms with Crippen LogP contribution in [0.5, 0.6) is 5.75 Å². The van der Waals surface area contributed by atoms with Crippen LogP contribution in [0, 0.1) is 0 Å². The zero-order valence-electron chi connectivity index (χ0n) is 15.2. The lowest BCUT2D eigenvalue weighted by atomic mass is 10.2. The lowest BCUT2D eigenvalue weighted by Gasteiger charge is -2.11. The Morgan fingerprint density at radius 3 is 2.57 bits per heavy atom. The van der Waals surface area contributed by atoms with E-state index in [4.69, 9.17) is 4.74 Å². The molecular weight excluding hydrogens is 427 g/mol. The van der Waals surface area contributed by atoms with Crippen LogP contribution in [-0.4, -0.2) is 36.4 Å². The Balaban J connectivity index is 1.95. The highest BCUT2D eigenvalue weighted by Gasteiger charge is 2.30. The summed E-state index contributed by atoms with van der Waals surface area (Å²) < 4.78 is 72.1. The van der Waals surface area contributed by atoms with Gasteiger partial charge in [-0.1, -0.05) is 6.07 Å². The van der Waals surface area contributed by atoms with E-state index in [1.54, 1.807) is 0 Å². The quantitative estimate of drug-likeness (QED) is 0.607. The maximum Gasteiger partial charge on any atom is 0.416 e. The minimum absolute atomic E-state index is 0.00104. The summed E-state index contributed by atoms with van der Waals surface area (Å²) in [6, 6.07) is 7.92. The Bertz CT molecular complexity index is 1210. The number of hydrogen-bond acceptors (Lipinski definition) is 5. The van der Waals surface area contributed by atoms with Gasteiger partial charge in [-0.05, 0) is 30.3 Å². The van der Waals surface area contributed by atoms with Crippen LogP contribution < -0.4 is 9.46 Å². The second kappa shape index (κ2) is 7.71. The summed E-state index contributed by atoms with van der Waals surface area (Å²) in [7, 11) is -2.97. The van der Waals surface area contributed by atoms with Crippen molar-refractivity contribution >= 4 is 21.7 Å². The number of benzene rings is 2. The number of carboxylic acid groups (broad SMARTS) is 1. The number of nitrogens with zero attached hydrogens (tertiary/aromatic N) is 2. The number of halogens is 3. The van der Waals surface area contributed by atoms with Crippen molar-refractivity contribution in [1.82, 2.24) is 9.78 Å². The Kier molecular flexibility index (Phi) is 5.44. The number of carbonyl (C=O) groups is 1. The van der Waals surface area contributed by atoms with Crippen LogP contribution in [0.3, 0.4) is 0 Å². The molecule has 0 spiro atoms. The Hall–Kier alpha value is -3.54. The smallest absolute Gasteiger partial charge is 0.416 e. The molecule has 0 radical (unpaired) electrons. The summed E-state index contributed by atoms with van der Waals surface area (Å²) in [5, 5.41) is 13.1. The van der Waals surface area contributed by atoms with Gasteiger partial charge in [0.1, 0.15) is 10.6 Å². The van der Waals surface area contributed by atoms with Gasteiger partial charge in [0.2, 0.25) is 0 Å². The molecule has 0 aliphatic carbocycles. The van der Waals surface area contributed by atoms with Crippen LogP contribution in [0.2, 0.25) is 0 Å². The maximum absolute atomic E-state index is 12.9. The van der Waals surface area contributed by atoms with E-state index in [0.29, 0.717) is 0 Å². The molecule has 3 rings (SSSR count). The van der Waals surface area contributed by atoms with Gasteiger partial charge in [-0.3, -0.25) is 4.72 Å². The van der Waals surface area contributed by atoms with Crippen molar-refractivity contribution in [3.63, 3.8) is 0 Å². The Labute approximate surface area is 168 Å². The molecule has 0 atom stereocenters. The predicted octanol–water partition coefficient (Wildman–Crippen LogP) is 3.40. The number of rotatable bonds is 6. The van der Waals surface area contributed by atoms with Crippen LogP contribution >= 0.6 is 0 Å². The molecule has 8 nitrogen and oxygen atoms in total. The summed E-state index contributed by atoms with van der Waals surface area (Å²) in [5.41, 5.74) is -1.47. The van der Waals surface area contributed by atoms with Gasteiger partial charge in [0.05, 0.1) is 42.0 Å². The minimum Gasteiger partial charge on any atom is -0.497 e. The largest absolute Gasteiger partial charge is 0.497 e. The normalized spacial score (nSPS) is 11.9. The first kappa shape index (κ1) is 21.2. The van der Waals surface area contributed by atoms with Crippen LogP contribution in [0.15, 0.2) is 59.8 Å². The monoisotopic (exact) mass is 441 g/mol. The third-order valence-electron chi connectivity index (χ3n) is 4.01. The number of ether oxygens (including phenoxy) is 1. The number of anilines is 1. The summed E-state index contributed by atoms with van der Waals surface area (Å²) in [6.45, 7) is 0. The molecule has 0 bridgehead atoms. The number of aromatic carboxylic acids is 1. The fourth-order valence-corrected chi connectivity index (χ4v) is 3.54. The van der Waals surface area contributed by atoms with E-state index in [0.717, 1.165) is 29.2 Å². The molecule has 158 valence electrons. The highest BCUT2D eigenvalue weighted by molar-refractivity contribution is 7.92. The first-order chi connectivity index (χ1) is 14.0. The van der Waals surface area contributed by atoms with E-state index < -0.39 is 27.7 Å². The molecule has 30 heavy (non-hydrogen) atoms. The average Bonchev–Trinajstić information content (AvgIpc) is 3.18. The van der Waals surface area contributed by atoms with Gasteiger partial charge >= 0.3 is 12.1 Å². The first-order valence-electron chi connectivity index (χ1n) is 8.18. The fourth-order valence-electron chi connectivity index (χ4n) is 2.54. The molecule has 0 unspecified atom stereocenters. The molecule has 1 aromatic heterocycles. The third kappa shape index (κ3) is 4.38. The van der Waals surface area contributed by atoms with Crippen molar-refractivity contribution in [3.05, 3.63) is 66.0 Å². The molecule has 0 aliphatic heterocycles. The number of alkyl halides is 3. The van der Waals surface area contributed by atoms with E-state index in [9.17, 15) is 31.5 Å². The molecule has 0 saturated heterocycles. The molecule has 3 aromatic rings. The number of sulfonamides is 1. The van der Waals surface area contributed by atoms with Crippen molar-refractivity contribution < 1.29 is 36.2 Å². The maximum atomic E-state index is 12.9. The van der Waals surface area contributed by atoms with Gasteiger partial charge in [-0.2, -0.15) is 18.3 Å². The van der Waals surface area contributed by atoms with Gasteiger partial charge in [-0.25, -0.2) is 17.9 Å². The van der Waals surface area contributed by atoms with Gasteiger partial charge in [-0.15, -0.1) is 0 Å². The number of methoxy groups -OCH3 is 1. The van der Waals surface area contributed by atoms with Gasteiger partial charge in [0.25, 0.3) is 10.0 Å². The topological polar surface area (TPSA) is 111 Å². The van der Waals surface area contributed by atoms with Crippen molar-refractivity contribution in [1.29, 1.82) is 0 Å². The van der Waals surface area contributed by atoms with Crippen LogP contribution in [0.4, 0.5) is 18.9 Å². The number of nitrogens with one attached hydrogen (secondary N) is 1. The van der Waals surface area contributed by atoms with Crippen molar-refractivity contribution in [2.24, 2.45) is 0 Å². The summed E-state index contributed by atoms with van der Waals surface area (Å²) in [4.78, 5) is 11.0. The minimum atomic E-state index is -4.57. The van der Waals surface area contributed by atoms with E-state index >= 15 is 0 Å². The molecular formula is C18H14F3N3O5S. The highest BCUT2D eigenvalue weighted by Crippen LogP contribution is 2.30. The van der Waals surface area contributed by atoms with Gasteiger partial charge < -0.3 is 9.84 Å². The van der Waals surface area contributed by atoms with E-state index in [1.807, 2.05) is 0 Å². The Morgan fingerprint density at radius 1 is 1.20 bits per heavy atom. The molecule has 2 aromatic carbocycles. The zero-order chi connectivity index (χ0) is 22.1. The van der Waals surface area contributed by atoms with E-state index in [2.05, 4.69) is 9.82 Å². The lowest BCUT2D eigenvalue weighted by molar-refractivity contribution is -0.137. The molecule has 0 amide bonds. The fraction of sp³-hybridized carbons (Fsp3) is 0.111. The molecule has 0 saturated carbocycles. The lowest BCUT2D eigenvalue weighted by Crippen LogP contribution is -2.15. The van der Waals surface area contributed by atoms with Crippen LogP contribution in [-0.2, 0) is 16.2 Å². The van der Waals surface area contributed by atoms with Gasteiger partial charge in [0.15, 0.2) is 0 Å². The predicted molar refractivity (Wildman–Crippen MR) is 99.3 cm³/mol. The molecule has 2 N–H and O–H groups in total. The Morgan fingerprint density at radius 2 is 1.93 bits per heavy atom. The zero-order valence-corrected chi connectivity index (χ0v) is 16.0. The molecule has 0 aliphatic rings. The van der Waals surface area contributed by atoms with Crippen molar-refractivity contribution in [3.8, 4) is 11.4 Å². The number of aromatic nitrogens is 2. The van der Waals surface area contributed by atoms with Gasteiger partial charge in [0, 0.05) is 6.07 Å². The second-order valence-electron chi connectivity index (χ2n) is 5.99. The highest BCUT2D eigenvalue weighted by atomic mass is 32.2. The number of hydrogen-bond donors (Lipinski definition) is 2. The second-order valence-corrected chi connectivity index (χ2v) is 7.67. The van der Waals surface area contributed by atoms with Crippen LogP contribution in [0.1, 0.15) is 15.9 Å². The SMILES string of the molecule is COc1ccc(C(=O)O)c(NS(=O)(=O)c2cnn(-c3cccc(C(F)(F)F)c3)c2)c1. The molecule has 12 heteroatoms. The van der Waals surface area contributed by atoms with E-state index in [-0.39, 0.29) is 27.6 Å². The van der Waals surface area contributed by atoms with Crippen molar-refractivity contribution in [2.75, 3.05) is 11.8 Å². The summed E-state index contributed by atoms with van der Waals surface area (Å²) in [5.74, 6) is -1.15. The molecule has 0 fully saturated rings. The first-order valence-corrected chi connectivity index (χ1v) is 9.66. The molecule has 1 heterocycles. The van der Waals surface area contributed by atoms with Crippen molar-refractivity contribution in [2.45, 2.75) is 11.1 Å². The third-order valence-corrected chi connectivity index (χ3v) is 5.33. The summed E-state index contributed by atoms with van der Waals surface area (Å²) in [6.07, 6.45) is -2.62. The number of carboxylic acids is 1. The summed E-state index contributed by atoms with van der Waals surface area (Å²) >= 11 is 0. The van der Waals surface area contributed by atoms with E-state index in [1.165, 1.54) is 37.4 Å².